The van der Waals surface area contributed by atoms with Crippen molar-refractivity contribution in [3.8, 4) is 5.75 Å². The fraction of sp³-hybridized carbons (Fsp3) is 0.647. The minimum atomic E-state index is -1.08. The van der Waals surface area contributed by atoms with Crippen LogP contribution in [0.15, 0.2) is 22.7 Å². The Balaban J connectivity index is 1.75. The second-order valence-corrected chi connectivity index (χ2v) is 7.41. The van der Waals surface area contributed by atoms with E-state index < -0.39 is 43.1 Å². The van der Waals surface area contributed by atoms with E-state index in [9.17, 15) is 10.2 Å². The summed E-state index contributed by atoms with van der Waals surface area (Å²) >= 11 is 3.49. The summed E-state index contributed by atoms with van der Waals surface area (Å²) in [6, 6.07) is 5.59. The molecule has 0 radical (unpaired) electrons. The van der Waals surface area contributed by atoms with Crippen molar-refractivity contribution >= 4 is 15.9 Å². The molecule has 140 valence electrons. The minimum Gasteiger partial charge on any atom is -0.497 e. The van der Waals surface area contributed by atoms with E-state index in [1.165, 1.54) is 0 Å². The van der Waals surface area contributed by atoms with Gasteiger partial charge in [0.15, 0.2) is 12.1 Å². The molecular weight excluding hydrogens is 396 g/mol. The van der Waals surface area contributed by atoms with Crippen molar-refractivity contribution in [3.05, 3.63) is 28.2 Å². The molecular formula is C17H23BrO7. The zero-order chi connectivity index (χ0) is 18.2. The minimum absolute atomic E-state index is 0.257. The third-order valence-corrected chi connectivity index (χ3v) is 5.05. The number of fused-ring (bicyclic) bond motifs is 1. The van der Waals surface area contributed by atoms with E-state index in [-0.39, 0.29) is 6.61 Å². The van der Waals surface area contributed by atoms with E-state index in [1.807, 2.05) is 18.2 Å². The summed E-state index contributed by atoms with van der Waals surface area (Å²) in [5.74, 6) is -0.0707. The number of hydrogen-bond acceptors (Lipinski definition) is 7. The highest BCUT2D eigenvalue weighted by molar-refractivity contribution is 9.10. The summed E-state index contributed by atoms with van der Waals surface area (Å²) in [6.07, 6.45) is -3.52. The van der Waals surface area contributed by atoms with Gasteiger partial charge in [0.2, 0.25) is 0 Å². The number of rotatable bonds is 6. The number of aliphatic hydroxyl groups is 2. The third kappa shape index (κ3) is 4.00. The SMILES string of the molecule is COc1ccc(Br)c(CO[C@@H]2[C@H]3OC(C)(C)O[C@H]3O[C@@H]2[C@H](O)CO)c1. The van der Waals surface area contributed by atoms with Gasteiger partial charge in [0, 0.05) is 4.47 Å². The molecule has 0 bridgehead atoms. The van der Waals surface area contributed by atoms with Gasteiger partial charge < -0.3 is 33.9 Å². The number of methoxy groups -OCH3 is 1. The van der Waals surface area contributed by atoms with Crippen molar-refractivity contribution in [2.75, 3.05) is 13.7 Å². The van der Waals surface area contributed by atoms with Crippen LogP contribution >= 0.6 is 15.9 Å². The van der Waals surface area contributed by atoms with E-state index in [1.54, 1.807) is 21.0 Å². The zero-order valence-electron chi connectivity index (χ0n) is 14.3. The fourth-order valence-corrected chi connectivity index (χ4v) is 3.44. The lowest BCUT2D eigenvalue weighted by molar-refractivity contribution is -0.232. The van der Waals surface area contributed by atoms with Gasteiger partial charge >= 0.3 is 0 Å². The first-order valence-corrected chi connectivity index (χ1v) is 8.88. The van der Waals surface area contributed by atoms with Crippen LogP contribution < -0.4 is 4.74 Å². The summed E-state index contributed by atoms with van der Waals surface area (Å²) in [6.45, 7) is 3.41. The lowest BCUT2D eigenvalue weighted by atomic mass is 10.1. The Morgan fingerprint density at radius 1 is 1.32 bits per heavy atom. The summed E-state index contributed by atoms with van der Waals surface area (Å²) in [5, 5.41) is 19.3. The first-order chi connectivity index (χ1) is 11.8. The van der Waals surface area contributed by atoms with Gasteiger partial charge in [-0.1, -0.05) is 15.9 Å². The zero-order valence-corrected chi connectivity index (χ0v) is 15.9. The molecule has 2 aliphatic rings. The second kappa shape index (κ2) is 7.48. The van der Waals surface area contributed by atoms with Gasteiger partial charge in [0.25, 0.3) is 0 Å². The Morgan fingerprint density at radius 3 is 2.76 bits per heavy atom. The van der Waals surface area contributed by atoms with Crippen molar-refractivity contribution in [2.24, 2.45) is 0 Å². The molecule has 1 aromatic carbocycles. The van der Waals surface area contributed by atoms with Gasteiger partial charge in [-0.2, -0.15) is 0 Å². The van der Waals surface area contributed by atoms with Crippen molar-refractivity contribution in [1.82, 2.24) is 0 Å². The molecule has 2 saturated heterocycles. The van der Waals surface area contributed by atoms with E-state index in [4.69, 9.17) is 23.7 Å². The molecule has 2 N–H and O–H groups in total. The van der Waals surface area contributed by atoms with Crippen LogP contribution in [-0.2, 0) is 25.6 Å². The summed E-state index contributed by atoms with van der Waals surface area (Å²) in [5.41, 5.74) is 0.887. The smallest absolute Gasteiger partial charge is 0.190 e. The monoisotopic (exact) mass is 418 g/mol. The van der Waals surface area contributed by atoms with Crippen LogP contribution in [-0.4, -0.2) is 60.4 Å². The van der Waals surface area contributed by atoms with Crippen LogP contribution in [0.4, 0.5) is 0 Å². The highest BCUT2D eigenvalue weighted by Gasteiger charge is 2.56. The molecule has 0 amide bonds. The Labute approximate surface area is 154 Å². The maximum Gasteiger partial charge on any atom is 0.190 e. The lowest BCUT2D eigenvalue weighted by Crippen LogP contribution is -2.44. The molecule has 2 fully saturated rings. The van der Waals surface area contributed by atoms with E-state index in [2.05, 4.69) is 15.9 Å². The standard InChI is InChI=1S/C17H23BrO7/c1-17(2)24-15-14(13(12(20)7-19)23-16(15)25-17)22-8-9-6-10(21-3)4-5-11(9)18/h4-6,12-16,19-20H,7-8H2,1-3H3/t12-,13-,14+,15-,16-/m1/s1. The molecule has 8 heteroatoms. The molecule has 1 aromatic rings. The van der Waals surface area contributed by atoms with Crippen LogP contribution in [0.25, 0.3) is 0 Å². The maximum absolute atomic E-state index is 10.1. The van der Waals surface area contributed by atoms with Crippen molar-refractivity contribution in [1.29, 1.82) is 0 Å². The highest BCUT2D eigenvalue weighted by Crippen LogP contribution is 2.40. The average Bonchev–Trinajstić information content (AvgIpc) is 3.05. The number of ether oxygens (including phenoxy) is 5. The van der Waals surface area contributed by atoms with Crippen molar-refractivity contribution in [3.63, 3.8) is 0 Å². The van der Waals surface area contributed by atoms with E-state index >= 15 is 0 Å². The van der Waals surface area contributed by atoms with Crippen LogP contribution in [0.1, 0.15) is 19.4 Å². The summed E-state index contributed by atoms with van der Waals surface area (Å²) < 4.78 is 29.4. The first kappa shape index (κ1) is 19.0. The molecule has 0 aromatic heterocycles. The Morgan fingerprint density at radius 2 is 2.08 bits per heavy atom. The maximum atomic E-state index is 10.1. The van der Waals surface area contributed by atoms with Crippen molar-refractivity contribution < 1.29 is 33.9 Å². The molecule has 0 spiro atoms. The molecule has 7 nitrogen and oxygen atoms in total. The summed E-state index contributed by atoms with van der Waals surface area (Å²) in [7, 11) is 1.60. The van der Waals surface area contributed by atoms with Crippen LogP contribution in [0.3, 0.4) is 0 Å². The van der Waals surface area contributed by atoms with Gasteiger partial charge in [-0.15, -0.1) is 0 Å². The molecule has 2 aliphatic heterocycles. The van der Waals surface area contributed by atoms with Crippen LogP contribution in [0.5, 0.6) is 5.75 Å². The second-order valence-electron chi connectivity index (χ2n) is 6.55. The topological polar surface area (TPSA) is 86.6 Å². The molecule has 25 heavy (non-hydrogen) atoms. The normalized spacial score (nSPS) is 31.8. The highest BCUT2D eigenvalue weighted by atomic mass is 79.9. The van der Waals surface area contributed by atoms with Gasteiger partial charge in [-0.05, 0) is 37.6 Å². The molecule has 0 unspecified atom stereocenters. The molecule has 3 rings (SSSR count). The van der Waals surface area contributed by atoms with E-state index in [0.29, 0.717) is 0 Å². The third-order valence-electron chi connectivity index (χ3n) is 4.28. The van der Waals surface area contributed by atoms with Gasteiger partial charge in [-0.3, -0.25) is 0 Å². The predicted octanol–water partition coefficient (Wildman–Crippen LogP) is 1.57. The largest absolute Gasteiger partial charge is 0.497 e. The fourth-order valence-electron chi connectivity index (χ4n) is 3.08. The quantitative estimate of drug-likeness (QED) is 0.724. The number of halogens is 1. The van der Waals surface area contributed by atoms with Crippen molar-refractivity contribution in [2.45, 2.75) is 56.9 Å². The molecule has 0 aliphatic carbocycles. The number of hydrogen-bond donors (Lipinski definition) is 2. The number of aliphatic hydroxyl groups excluding tert-OH is 2. The molecule has 2 heterocycles. The van der Waals surface area contributed by atoms with Gasteiger partial charge in [0.05, 0.1) is 20.3 Å². The predicted molar refractivity (Wildman–Crippen MR) is 91.1 cm³/mol. The van der Waals surface area contributed by atoms with Crippen LogP contribution in [0, 0.1) is 0 Å². The Kier molecular flexibility index (Phi) is 5.69. The van der Waals surface area contributed by atoms with Crippen LogP contribution in [0.2, 0.25) is 0 Å². The average molecular weight is 419 g/mol. The number of benzene rings is 1. The first-order valence-electron chi connectivity index (χ1n) is 8.08. The van der Waals surface area contributed by atoms with Gasteiger partial charge in [0.1, 0.15) is 30.2 Å². The van der Waals surface area contributed by atoms with E-state index in [0.717, 1.165) is 15.8 Å². The molecule has 5 atom stereocenters. The Hall–Kier alpha value is -0.740. The van der Waals surface area contributed by atoms with Gasteiger partial charge in [-0.25, -0.2) is 0 Å². The summed E-state index contributed by atoms with van der Waals surface area (Å²) in [4.78, 5) is 0. The Bertz CT molecular complexity index is 609. The lowest BCUT2D eigenvalue weighted by Gasteiger charge is -2.28. The molecule has 0 saturated carbocycles.